The number of fused-ring (bicyclic) bond motifs is 1. The van der Waals surface area contributed by atoms with E-state index in [0.717, 1.165) is 11.3 Å². The molecule has 2 aliphatic rings. The molecular formula is C13H26N2S. The van der Waals surface area contributed by atoms with E-state index >= 15 is 0 Å². The summed E-state index contributed by atoms with van der Waals surface area (Å²) < 4.78 is 0. The Bertz CT molecular complexity index is 237. The summed E-state index contributed by atoms with van der Waals surface area (Å²) in [5, 5.41) is 0.861. The zero-order valence-electron chi connectivity index (χ0n) is 11.2. The van der Waals surface area contributed by atoms with Crippen LogP contribution in [-0.2, 0) is 0 Å². The Kier molecular flexibility index (Phi) is 3.87. The van der Waals surface area contributed by atoms with Crippen LogP contribution in [0, 0.1) is 0 Å². The molecule has 2 nitrogen and oxygen atoms in total. The normalized spacial score (nSPS) is 33.0. The lowest BCUT2D eigenvalue weighted by Crippen LogP contribution is -2.54. The first-order valence-corrected chi connectivity index (χ1v) is 7.68. The Hall–Kier alpha value is 0.270. The van der Waals surface area contributed by atoms with Crippen LogP contribution in [0.4, 0.5) is 0 Å². The molecule has 0 bridgehead atoms. The minimum atomic E-state index is 0.351. The van der Waals surface area contributed by atoms with Crippen molar-refractivity contribution >= 4 is 11.8 Å². The summed E-state index contributed by atoms with van der Waals surface area (Å²) in [5.41, 5.74) is 0.351. The van der Waals surface area contributed by atoms with Crippen LogP contribution in [0.2, 0.25) is 0 Å². The van der Waals surface area contributed by atoms with Crippen molar-refractivity contribution in [2.75, 3.05) is 25.5 Å². The van der Waals surface area contributed by atoms with E-state index < -0.39 is 0 Å². The SMILES string of the molecule is CCCN1CSC2CN(C(C)(C)C)CCC21. The molecule has 94 valence electrons. The molecule has 2 unspecified atom stereocenters. The Morgan fingerprint density at radius 3 is 2.69 bits per heavy atom. The molecule has 3 heteroatoms. The van der Waals surface area contributed by atoms with Gasteiger partial charge in [-0.25, -0.2) is 0 Å². The maximum atomic E-state index is 2.70. The van der Waals surface area contributed by atoms with Crippen molar-refractivity contribution in [1.82, 2.24) is 9.80 Å². The lowest BCUT2D eigenvalue weighted by molar-refractivity contribution is 0.0758. The first-order chi connectivity index (χ1) is 7.52. The molecule has 0 aliphatic carbocycles. The van der Waals surface area contributed by atoms with Gasteiger partial charge in [0.2, 0.25) is 0 Å². The number of rotatable bonds is 2. The van der Waals surface area contributed by atoms with Crippen molar-refractivity contribution in [2.45, 2.75) is 57.4 Å². The molecule has 2 saturated heterocycles. The number of hydrogen-bond donors (Lipinski definition) is 0. The van der Waals surface area contributed by atoms with E-state index in [-0.39, 0.29) is 0 Å². The fourth-order valence-electron chi connectivity index (χ4n) is 2.90. The van der Waals surface area contributed by atoms with E-state index in [1.165, 1.54) is 38.4 Å². The van der Waals surface area contributed by atoms with Crippen LogP contribution in [0.1, 0.15) is 40.5 Å². The summed E-state index contributed by atoms with van der Waals surface area (Å²) in [7, 11) is 0. The zero-order valence-corrected chi connectivity index (χ0v) is 12.0. The number of likely N-dealkylation sites (tertiary alicyclic amines) is 1. The third-order valence-electron chi connectivity index (χ3n) is 3.91. The van der Waals surface area contributed by atoms with Gasteiger partial charge in [-0.3, -0.25) is 9.80 Å². The molecule has 0 saturated carbocycles. The van der Waals surface area contributed by atoms with Crippen LogP contribution in [0.25, 0.3) is 0 Å². The molecular weight excluding hydrogens is 216 g/mol. The van der Waals surface area contributed by atoms with E-state index in [0.29, 0.717) is 5.54 Å². The quantitative estimate of drug-likeness (QED) is 0.735. The van der Waals surface area contributed by atoms with Crippen LogP contribution < -0.4 is 0 Å². The average molecular weight is 242 g/mol. The molecule has 2 rings (SSSR count). The Morgan fingerprint density at radius 2 is 2.06 bits per heavy atom. The number of thioether (sulfide) groups is 1. The average Bonchev–Trinajstić information content (AvgIpc) is 2.60. The smallest absolute Gasteiger partial charge is 0.0451 e. The van der Waals surface area contributed by atoms with Gasteiger partial charge in [-0.15, -0.1) is 11.8 Å². The third-order valence-corrected chi connectivity index (χ3v) is 5.28. The Morgan fingerprint density at radius 1 is 1.31 bits per heavy atom. The Labute approximate surface area is 105 Å². The molecule has 0 N–H and O–H groups in total. The maximum absolute atomic E-state index is 2.70. The second kappa shape index (κ2) is 4.87. The first kappa shape index (κ1) is 12.7. The summed E-state index contributed by atoms with van der Waals surface area (Å²) in [4.78, 5) is 5.37. The first-order valence-electron chi connectivity index (χ1n) is 6.63. The summed E-state index contributed by atoms with van der Waals surface area (Å²) >= 11 is 2.18. The van der Waals surface area contributed by atoms with Gasteiger partial charge in [-0.05, 0) is 40.2 Å². The van der Waals surface area contributed by atoms with Crippen LogP contribution in [0.3, 0.4) is 0 Å². The molecule has 2 heterocycles. The largest absolute Gasteiger partial charge is 0.297 e. The van der Waals surface area contributed by atoms with Crippen LogP contribution in [0.5, 0.6) is 0 Å². The summed E-state index contributed by atoms with van der Waals surface area (Å²) in [5.74, 6) is 1.27. The molecule has 0 spiro atoms. The number of nitrogens with zero attached hydrogens (tertiary/aromatic N) is 2. The highest BCUT2D eigenvalue weighted by molar-refractivity contribution is 8.00. The zero-order chi connectivity index (χ0) is 11.8. The topological polar surface area (TPSA) is 6.48 Å². The molecule has 2 atom stereocenters. The van der Waals surface area contributed by atoms with Crippen molar-refractivity contribution in [1.29, 1.82) is 0 Å². The van der Waals surface area contributed by atoms with Gasteiger partial charge >= 0.3 is 0 Å². The standard InChI is InChI=1S/C13H26N2S/c1-5-7-14-10-16-12-9-15(13(2,3)4)8-6-11(12)14/h11-12H,5-10H2,1-4H3. The van der Waals surface area contributed by atoms with Gasteiger partial charge < -0.3 is 0 Å². The highest BCUT2D eigenvalue weighted by Crippen LogP contribution is 2.36. The highest BCUT2D eigenvalue weighted by Gasteiger charge is 2.40. The van der Waals surface area contributed by atoms with Crippen molar-refractivity contribution in [3.63, 3.8) is 0 Å². The van der Waals surface area contributed by atoms with Crippen molar-refractivity contribution in [2.24, 2.45) is 0 Å². The summed E-state index contributed by atoms with van der Waals surface area (Å²) in [6.45, 7) is 13.2. The summed E-state index contributed by atoms with van der Waals surface area (Å²) in [6.07, 6.45) is 2.67. The third kappa shape index (κ3) is 2.57. The lowest BCUT2D eigenvalue weighted by atomic mass is 9.97. The van der Waals surface area contributed by atoms with E-state index in [1.807, 2.05) is 0 Å². The van der Waals surface area contributed by atoms with Crippen molar-refractivity contribution in [3.05, 3.63) is 0 Å². The van der Waals surface area contributed by atoms with Gasteiger partial charge in [0.15, 0.2) is 0 Å². The number of hydrogen-bond acceptors (Lipinski definition) is 3. The van der Waals surface area contributed by atoms with Crippen LogP contribution >= 0.6 is 11.8 Å². The predicted octanol–water partition coefficient (Wildman–Crippen LogP) is 2.64. The van der Waals surface area contributed by atoms with Crippen molar-refractivity contribution in [3.8, 4) is 0 Å². The number of piperidine rings is 1. The van der Waals surface area contributed by atoms with E-state index in [2.05, 4.69) is 49.3 Å². The van der Waals surface area contributed by atoms with Gasteiger partial charge in [0, 0.05) is 35.8 Å². The predicted molar refractivity (Wildman–Crippen MR) is 73.0 cm³/mol. The fourth-order valence-corrected chi connectivity index (χ4v) is 4.42. The second-order valence-electron chi connectivity index (χ2n) is 6.12. The molecule has 0 aromatic heterocycles. The van der Waals surface area contributed by atoms with Gasteiger partial charge in [-0.1, -0.05) is 6.92 Å². The van der Waals surface area contributed by atoms with E-state index in [9.17, 15) is 0 Å². The second-order valence-corrected chi connectivity index (χ2v) is 7.32. The lowest BCUT2D eigenvalue weighted by Gasteiger charge is -2.43. The summed E-state index contributed by atoms with van der Waals surface area (Å²) in [6, 6.07) is 0.864. The minimum Gasteiger partial charge on any atom is -0.297 e. The molecule has 16 heavy (non-hydrogen) atoms. The monoisotopic (exact) mass is 242 g/mol. The minimum absolute atomic E-state index is 0.351. The van der Waals surface area contributed by atoms with Crippen LogP contribution in [-0.4, -0.2) is 52.1 Å². The molecule has 0 radical (unpaired) electrons. The van der Waals surface area contributed by atoms with Gasteiger partial charge in [0.1, 0.15) is 0 Å². The molecule has 0 amide bonds. The highest BCUT2D eigenvalue weighted by atomic mass is 32.2. The van der Waals surface area contributed by atoms with E-state index in [1.54, 1.807) is 0 Å². The van der Waals surface area contributed by atoms with E-state index in [4.69, 9.17) is 0 Å². The van der Waals surface area contributed by atoms with Gasteiger partial charge in [0.25, 0.3) is 0 Å². The molecule has 2 aliphatic heterocycles. The van der Waals surface area contributed by atoms with Gasteiger partial charge in [0.05, 0.1) is 0 Å². The maximum Gasteiger partial charge on any atom is 0.0451 e. The Balaban J connectivity index is 1.94. The van der Waals surface area contributed by atoms with Crippen LogP contribution in [0.15, 0.2) is 0 Å². The molecule has 0 aromatic rings. The molecule has 0 aromatic carbocycles. The molecule has 2 fully saturated rings. The van der Waals surface area contributed by atoms with Crippen molar-refractivity contribution < 1.29 is 0 Å². The van der Waals surface area contributed by atoms with Gasteiger partial charge in [-0.2, -0.15) is 0 Å². The fraction of sp³-hybridized carbons (Fsp3) is 1.00.